The number of ether oxygens (including phenoxy) is 1. The summed E-state index contributed by atoms with van der Waals surface area (Å²) in [6, 6.07) is 0. The van der Waals surface area contributed by atoms with Crippen LogP contribution in [0.25, 0.3) is 0 Å². The van der Waals surface area contributed by atoms with E-state index in [-0.39, 0.29) is 5.97 Å². The Morgan fingerprint density at radius 2 is 1.69 bits per heavy atom. The molecule has 0 aromatic rings. The molecule has 0 aromatic heterocycles. The van der Waals surface area contributed by atoms with Gasteiger partial charge in [-0.05, 0) is 12.8 Å². The number of quaternary nitrogens is 1. The van der Waals surface area contributed by atoms with Gasteiger partial charge in [-0.1, -0.05) is 20.3 Å². The van der Waals surface area contributed by atoms with Crippen LogP contribution in [0.15, 0.2) is 0 Å². The van der Waals surface area contributed by atoms with Crippen LogP contribution in [0.1, 0.15) is 46.0 Å². The number of hydrogen-bond acceptors (Lipinski definition) is 2. The summed E-state index contributed by atoms with van der Waals surface area (Å²) in [6.45, 7) is 6.93. The second kappa shape index (κ2) is 8.57. The van der Waals surface area contributed by atoms with Crippen molar-refractivity contribution in [3.8, 4) is 0 Å². The Balaban J connectivity index is 3.53. The highest BCUT2D eigenvalue weighted by Crippen LogP contribution is 2.05. The SMILES string of the molecule is CCCCC[N+](C)(C)CCCOC(=O)CC. The Morgan fingerprint density at radius 1 is 1.06 bits per heavy atom. The van der Waals surface area contributed by atoms with Gasteiger partial charge in [0.05, 0.1) is 33.8 Å². The van der Waals surface area contributed by atoms with Crippen molar-refractivity contribution >= 4 is 5.97 Å². The molecule has 0 fully saturated rings. The van der Waals surface area contributed by atoms with Crippen LogP contribution >= 0.6 is 0 Å². The Hall–Kier alpha value is -0.570. The van der Waals surface area contributed by atoms with Gasteiger partial charge in [-0.25, -0.2) is 0 Å². The van der Waals surface area contributed by atoms with Gasteiger partial charge >= 0.3 is 5.97 Å². The van der Waals surface area contributed by atoms with Gasteiger partial charge in [0.25, 0.3) is 0 Å². The minimum atomic E-state index is -0.0868. The molecule has 0 aliphatic carbocycles. The number of esters is 1. The number of carbonyl (C=O) groups excluding carboxylic acids is 1. The van der Waals surface area contributed by atoms with E-state index < -0.39 is 0 Å². The maximum atomic E-state index is 10.9. The van der Waals surface area contributed by atoms with Crippen molar-refractivity contribution in [3.05, 3.63) is 0 Å². The molecule has 0 heterocycles. The van der Waals surface area contributed by atoms with Gasteiger partial charge < -0.3 is 9.22 Å². The molecule has 0 spiro atoms. The fraction of sp³-hybridized carbons (Fsp3) is 0.923. The van der Waals surface area contributed by atoms with E-state index in [1.54, 1.807) is 0 Å². The number of carbonyl (C=O) groups is 1. The third-order valence-corrected chi connectivity index (χ3v) is 2.83. The molecule has 0 saturated heterocycles. The predicted molar refractivity (Wildman–Crippen MR) is 67.2 cm³/mol. The van der Waals surface area contributed by atoms with Crippen molar-refractivity contribution in [1.82, 2.24) is 0 Å². The fourth-order valence-electron chi connectivity index (χ4n) is 1.68. The average Bonchev–Trinajstić information content (AvgIpc) is 2.24. The summed E-state index contributed by atoms with van der Waals surface area (Å²) in [5, 5.41) is 0. The van der Waals surface area contributed by atoms with Crippen molar-refractivity contribution in [2.45, 2.75) is 46.0 Å². The molecule has 16 heavy (non-hydrogen) atoms. The molecule has 0 bridgehead atoms. The zero-order chi connectivity index (χ0) is 12.4. The van der Waals surface area contributed by atoms with E-state index in [0.717, 1.165) is 17.4 Å². The number of unbranched alkanes of at least 4 members (excludes halogenated alkanes) is 2. The zero-order valence-electron chi connectivity index (χ0n) is 11.4. The van der Waals surface area contributed by atoms with Gasteiger partial charge in [0.15, 0.2) is 0 Å². The van der Waals surface area contributed by atoms with Crippen molar-refractivity contribution in [2.24, 2.45) is 0 Å². The Morgan fingerprint density at radius 3 is 2.25 bits per heavy atom. The van der Waals surface area contributed by atoms with E-state index in [4.69, 9.17) is 4.74 Å². The molecule has 0 radical (unpaired) electrons. The van der Waals surface area contributed by atoms with Gasteiger partial charge in [-0.15, -0.1) is 0 Å². The lowest BCUT2D eigenvalue weighted by Crippen LogP contribution is -2.41. The molecule has 3 heteroatoms. The second-order valence-corrected chi connectivity index (χ2v) is 5.02. The largest absolute Gasteiger partial charge is 0.465 e. The Kier molecular flexibility index (Phi) is 8.26. The first-order valence-corrected chi connectivity index (χ1v) is 6.49. The molecule has 0 atom stereocenters. The molecule has 0 amide bonds. The van der Waals surface area contributed by atoms with E-state index in [2.05, 4.69) is 21.0 Å². The maximum Gasteiger partial charge on any atom is 0.305 e. The molecule has 0 aromatic carbocycles. The molecule has 0 aliphatic heterocycles. The number of hydrogen-bond donors (Lipinski definition) is 0. The predicted octanol–water partition coefficient (Wildman–Crippen LogP) is 2.60. The van der Waals surface area contributed by atoms with Crippen molar-refractivity contribution in [1.29, 1.82) is 0 Å². The summed E-state index contributed by atoms with van der Waals surface area (Å²) in [6.07, 6.45) is 5.32. The second-order valence-electron chi connectivity index (χ2n) is 5.02. The van der Waals surface area contributed by atoms with Gasteiger partial charge in [0.2, 0.25) is 0 Å². The molecule has 0 N–H and O–H groups in total. The van der Waals surface area contributed by atoms with Crippen LogP contribution in [0, 0.1) is 0 Å². The first-order valence-electron chi connectivity index (χ1n) is 6.49. The summed E-state index contributed by atoms with van der Waals surface area (Å²) in [5.74, 6) is -0.0868. The quantitative estimate of drug-likeness (QED) is 0.346. The lowest BCUT2D eigenvalue weighted by Gasteiger charge is -2.29. The van der Waals surface area contributed by atoms with E-state index in [9.17, 15) is 4.79 Å². The average molecular weight is 230 g/mol. The smallest absolute Gasteiger partial charge is 0.305 e. The molecular weight excluding hydrogens is 202 g/mol. The first kappa shape index (κ1) is 15.4. The topological polar surface area (TPSA) is 26.3 Å². The number of nitrogens with zero attached hydrogens (tertiary/aromatic N) is 1. The monoisotopic (exact) mass is 230 g/mol. The summed E-state index contributed by atoms with van der Waals surface area (Å²) in [5.41, 5.74) is 0. The van der Waals surface area contributed by atoms with E-state index in [0.29, 0.717) is 13.0 Å². The highest BCUT2D eigenvalue weighted by atomic mass is 16.5. The normalized spacial score (nSPS) is 11.5. The number of rotatable bonds is 9. The molecule has 0 rings (SSSR count). The molecule has 0 unspecified atom stereocenters. The molecule has 0 saturated carbocycles. The van der Waals surface area contributed by atoms with Crippen LogP contribution in [0.2, 0.25) is 0 Å². The van der Waals surface area contributed by atoms with Crippen LogP contribution in [-0.4, -0.2) is 44.2 Å². The minimum absolute atomic E-state index is 0.0868. The summed E-state index contributed by atoms with van der Waals surface area (Å²) in [7, 11) is 4.49. The lowest BCUT2D eigenvalue weighted by atomic mass is 10.2. The van der Waals surface area contributed by atoms with E-state index in [1.807, 2.05) is 6.92 Å². The van der Waals surface area contributed by atoms with Crippen LogP contribution < -0.4 is 0 Å². The highest BCUT2D eigenvalue weighted by Gasteiger charge is 2.13. The summed E-state index contributed by atoms with van der Waals surface area (Å²) >= 11 is 0. The third-order valence-electron chi connectivity index (χ3n) is 2.83. The maximum absolute atomic E-state index is 10.9. The minimum Gasteiger partial charge on any atom is -0.465 e. The summed E-state index contributed by atoms with van der Waals surface area (Å²) in [4.78, 5) is 10.9. The lowest BCUT2D eigenvalue weighted by molar-refractivity contribution is -0.890. The van der Waals surface area contributed by atoms with Crippen LogP contribution in [0.3, 0.4) is 0 Å². The highest BCUT2D eigenvalue weighted by molar-refractivity contribution is 5.68. The van der Waals surface area contributed by atoms with Crippen LogP contribution in [0.5, 0.6) is 0 Å². The van der Waals surface area contributed by atoms with E-state index >= 15 is 0 Å². The molecule has 0 aliphatic rings. The molecule has 3 nitrogen and oxygen atoms in total. The van der Waals surface area contributed by atoms with Crippen molar-refractivity contribution in [3.63, 3.8) is 0 Å². The Bertz CT molecular complexity index is 190. The van der Waals surface area contributed by atoms with Gasteiger partial charge in [-0.2, -0.15) is 0 Å². The first-order chi connectivity index (χ1) is 7.52. The third kappa shape index (κ3) is 8.72. The Labute approximate surface area is 100 Å². The molecule has 96 valence electrons. The summed E-state index contributed by atoms with van der Waals surface area (Å²) < 4.78 is 6.09. The van der Waals surface area contributed by atoms with Crippen molar-refractivity contribution < 1.29 is 14.0 Å². The van der Waals surface area contributed by atoms with Gasteiger partial charge in [0.1, 0.15) is 0 Å². The molecular formula is C13H28NO2+. The van der Waals surface area contributed by atoms with Gasteiger partial charge in [-0.3, -0.25) is 4.79 Å². The van der Waals surface area contributed by atoms with Crippen molar-refractivity contribution in [2.75, 3.05) is 33.8 Å². The zero-order valence-corrected chi connectivity index (χ0v) is 11.4. The van der Waals surface area contributed by atoms with Crippen LogP contribution in [0.4, 0.5) is 0 Å². The van der Waals surface area contributed by atoms with Crippen LogP contribution in [-0.2, 0) is 9.53 Å². The van der Waals surface area contributed by atoms with E-state index in [1.165, 1.54) is 25.8 Å². The fourth-order valence-corrected chi connectivity index (χ4v) is 1.68. The van der Waals surface area contributed by atoms with Gasteiger partial charge in [0, 0.05) is 12.8 Å². The standard InChI is InChI=1S/C13H28NO2/c1-5-7-8-10-14(3,4)11-9-12-16-13(15)6-2/h5-12H2,1-4H3/q+1.